The van der Waals surface area contributed by atoms with E-state index >= 15 is 0 Å². The smallest absolute Gasteiger partial charge is 0.320 e. The topological polar surface area (TPSA) is 59.4 Å². The molecule has 2 aromatic carbocycles. The molecule has 1 N–H and O–H groups in total. The van der Waals surface area contributed by atoms with E-state index in [2.05, 4.69) is 16.3 Å². The van der Waals surface area contributed by atoms with E-state index in [-0.39, 0.29) is 18.0 Å². The molecule has 0 spiro atoms. The van der Waals surface area contributed by atoms with Gasteiger partial charge < -0.3 is 15.1 Å². The third kappa shape index (κ3) is 7.44. The highest BCUT2D eigenvalue weighted by atomic mass is 19.4. The van der Waals surface area contributed by atoms with E-state index in [1.165, 1.54) is 0 Å². The minimum atomic E-state index is -5.00. The van der Waals surface area contributed by atoms with E-state index < -0.39 is 35.2 Å². The van der Waals surface area contributed by atoms with Crippen molar-refractivity contribution in [1.82, 2.24) is 9.80 Å². The number of hydrogen-bond donors (Lipinski definition) is 1. The van der Waals surface area contributed by atoms with Crippen molar-refractivity contribution < 1.29 is 31.1 Å². The number of likely N-dealkylation sites (tertiary alicyclic amines) is 1. The summed E-state index contributed by atoms with van der Waals surface area (Å²) in [4.78, 5) is 17.1. The first-order chi connectivity index (χ1) is 18.4. The second kappa shape index (κ2) is 11.9. The van der Waals surface area contributed by atoms with Crippen LogP contribution in [0.15, 0.2) is 42.5 Å². The molecule has 0 aromatic heterocycles. The molecule has 0 unspecified atom stereocenters. The van der Waals surface area contributed by atoms with E-state index in [1.807, 2.05) is 18.2 Å². The fourth-order valence-electron chi connectivity index (χ4n) is 5.51. The van der Waals surface area contributed by atoms with Gasteiger partial charge in [-0.15, -0.1) is 0 Å². The summed E-state index contributed by atoms with van der Waals surface area (Å²) >= 11 is 0. The number of nitrogens with zero attached hydrogens (tertiary/aromatic N) is 3. The molecular formula is C28H30F6N4O. The van der Waals surface area contributed by atoms with Crippen molar-refractivity contribution >= 4 is 11.7 Å². The van der Waals surface area contributed by atoms with Crippen LogP contribution in [0.1, 0.15) is 66.7 Å². The summed E-state index contributed by atoms with van der Waals surface area (Å²) in [5, 5.41) is 11.5. The fraction of sp³-hybridized carbons (Fsp3) is 0.500. The van der Waals surface area contributed by atoms with Crippen LogP contribution in [0.25, 0.3) is 0 Å². The highest BCUT2D eigenvalue weighted by molar-refractivity contribution is 5.90. The molecule has 2 fully saturated rings. The number of hydrogen-bond acceptors (Lipinski definition) is 3. The largest absolute Gasteiger partial charge is 0.416 e. The second-order valence-corrected chi connectivity index (χ2v) is 10.2. The zero-order chi connectivity index (χ0) is 28.2. The van der Waals surface area contributed by atoms with Gasteiger partial charge in [0, 0.05) is 24.8 Å². The predicted molar refractivity (Wildman–Crippen MR) is 134 cm³/mol. The molecule has 4 rings (SSSR count). The van der Waals surface area contributed by atoms with Crippen molar-refractivity contribution in [3.05, 3.63) is 64.7 Å². The van der Waals surface area contributed by atoms with E-state index in [1.54, 1.807) is 11.0 Å². The van der Waals surface area contributed by atoms with Gasteiger partial charge in [0.1, 0.15) is 0 Å². The van der Waals surface area contributed by atoms with Crippen LogP contribution in [-0.4, -0.2) is 48.1 Å². The van der Waals surface area contributed by atoms with Crippen molar-refractivity contribution in [2.45, 2.75) is 62.8 Å². The maximum atomic E-state index is 13.4. The van der Waals surface area contributed by atoms with Crippen molar-refractivity contribution in [3.8, 4) is 6.07 Å². The van der Waals surface area contributed by atoms with Crippen LogP contribution in [0.4, 0.5) is 36.8 Å². The fourth-order valence-corrected chi connectivity index (χ4v) is 5.51. The van der Waals surface area contributed by atoms with Crippen molar-refractivity contribution in [2.24, 2.45) is 0 Å². The molecule has 39 heavy (non-hydrogen) atoms. The number of halogens is 6. The van der Waals surface area contributed by atoms with Crippen molar-refractivity contribution in [1.29, 1.82) is 5.26 Å². The van der Waals surface area contributed by atoms with Gasteiger partial charge in [0.05, 0.1) is 22.8 Å². The third-order valence-corrected chi connectivity index (χ3v) is 7.58. The number of carbonyl (C=O) groups excluding carboxylic acids is 1. The van der Waals surface area contributed by atoms with Crippen LogP contribution >= 0.6 is 0 Å². The average Bonchev–Trinajstić information content (AvgIpc) is 3.42. The number of carbonyl (C=O) groups is 1. The van der Waals surface area contributed by atoms with Crippen LogP contribution in [-0.2, 0) is 12.4 Å². The first kappa shape index (κ1) is 28.7. The van der Waals surface area contributed by atoms with Crippen LogP contribution < -0.4 is 5.32 Å². The maximum Gasteiger partial charge on any atom is 0.416 e. The number of amides is 2. The van der Waals surface area contributed by atoms with E-state index in [0.29, 0.717) is 43.6 Å². The molecule has 1 saturated heterocycles. The molecule has 1 aliphatic heterocycles. The maximum absolute atomic E-state index is 13.4. The molecule has 0 atom stereocenters. The Morgan fingerprint density at radius 2 is 1.56 bits per heavy atom. The minimum absolute atomic E-state index is 0.0450. The van der Waals surface area contributed by atoms with Gasteiger partial charge in [-0.1, -0.05) is 12.1 Å². The Labute approximate surface area is 223 Å². The Hall–Kier alpha value is -3.26. The van der Waals surface area contributed by atoms with Crippen LogP contribution in [0, 0.1) is 11.3 Å². The Bertz CT molecular complexity index is 1160. The summed E-state index contributed by atoms with van der Waals surface area (Å²) < 4.78 is 80.0. The summed E-state index contributed by atoms with van der Waals surface area (Å²) in [6.45, 7) is 2.67. The molecule has 1 aliphatic carbocycles. The molecule has 0 radical (unpaired) electrons. The highest BCUT2D eigenvalue weighted by Crippen LogP contribution is 2.38. The zero-order valence-electron chi connectivity index (χ0n) is 21.3. The van der Waals surface area contributed by atoms with Gasteiger partial charge in [-0.25, -0.2) is 4.79 Å². The molecule has 1 saturated carbocycles. The number of anilines is 1. The van der Waals surface area contributed by atoms with Gasteiger partial charge in [-0.05, 0) is 93.4 Å². The van der Waals surface area contributed by atoms with Gasteiger partial charge in [0.2, 0.25) is 0 Å². The zero-order valence-corrected chi connectivity index (χ0v) is 21.3. The van der Waals surface area contributed by atoms with Gasteiger partial charge in [0.15, 0.2) is 0 Å². The molecule has 2 aliphatic rings. The Morgan fingerprint density at radius 1 is 0.949 bits per heavy atom. The van der Waals surface area contributed by atoms with Crippen LogP contribution in [0.5, 0.6) is 0 Å². The second-order valence-electron chi connectivity index (χ2n) is 10.2. The molecule has 2 amide bonds. The summed E-state index contributed by atoms with van der Waals surface area (Å²) in [5.74, 6) is 0.204. The SMILES string of the molecule is N#Cc1cccc([C@H]2CC[C@H](N(CCN3CCCC3)C(=O)Nc3cc(C(F)(F)F)cc(C(F)(F)F)c3)CC2)c1. The summed E-state index contributed by atoms with van der Waals surface area (Å²) in [7, 11) is 0. The summed E-state index contributed by atoms with van der Waals surface area (Å²) in [6.07, 6.45) is -5.16. The Balaban J connectivity index is 1.52. The lowest BCUT2D eigenvalue weighted by Gasteiger charge is -2.38. The Morgan fingerprint density at radius 3 is 2.13 bits per heavy atom. The molecule has 11 heteroatoms. The van der Waals surface area contributed by atoms with Gasteiger partial charge in [0.25, 0.3) is 0 Å². The van der Waals surface area contributed by atoms with Crippen LogP contribution in [0.3, 0.4) is 0 Å². The van der Waals surface area contributed by atoms with Crippen molar-refractivity contribution in [2.75, 3.05) is 31.5 Å². The number of nitriles is 1. The summed E-state index contributed by atoms with van der Waals surface area (Å²) in [6, 6.07) is 9.71. The lowest BCUT2D eigenvalue weighted by molar-refractivity contribution is -0.143. The van der Waals surface area contributed by atoms with E-state index in [4.69, 9.17) is 0 Å². The number of rotatable bonds is 6. The first-order valence-electron chi connectivity index (χ1n) is 13.0. The first-order valence-corrected chi connectivity index (χ1v) is 13.0. The minimum Gasteiger partial charge on any atom is -0.320 e. The third-order valence-electron chi connectivity index (χ3n) is 7.58. The quantitative estimate of drug-likeness (QED) is 0.384. The molecule has 0 bridgehead atoms. The molecule has 210 valence electrons. The monoisotopic (exact) mass is 552 g/mol. The van der Waals surface area contributed by atoms with Gasteiger partial charge in [-0.2, -0.15) is 31.6 Å². The summed E-state index contributed by atoms with van der Waals surface area (Å²) in [5.41, 5.74) is -1.88. The molecule has 1 heterocycles. The number of benzene rings is 2. The normalized spacial score (nSPS) is 20.4. The predicted octanol–water partition coefficient (Wildman–Crippen LogP) is 7.25. The number of alkyl halides is 6. The number of nitrogens with one attached hydrogen (secondary N) is 1. The lowest BCUT2D eigenvalue weighted by Crippen LogP contribution is -2.47. The standard InChI is InChI=1S/C28H30F6N4O/c29-27(30,31)22-15-23(28(32,33)34)17-24(16-22)36-26(39)38(13-12-37-10-1-2-11-37)25-8-6-20(7-9-25)21-5-3-4-19(14-21)18-35/h3-5,14-17,20,25H,1-2,6-13H2,(H,36,39)/t20-,25-. The van der Waals surface area contributed by atoms with E-state index in [0.717, 1.165) is 44.3 Å². The lowest BCUT2D eigenvalue weighted by atomic mass is 9.81. The van der Waals surface area contributed by atoms with Gasteiger partial charge >= 0.3 is 18.4 Å². The number of urea groups is 1. The van der Waals surface area contributed by atoms with Gasteiger partial charge in [-0.3, -0.25) is 0 Å². The molecule has 5 nitrogen and oxygen atoms in total. The molecular weight excluding hydrogens is 522 g/mol. The average molecular weight is 553 g/mol. The van der Waals surface area contributed by atoms with Crippen molar-refractivity contribution in [3.63, 3.8) is 0 Å². The van der Waals surface area contributed by atoms with Crippen LogP contribution in [0.2, 0.25) is 0 Å². The highest BCUT2D eigenvalue weighted by Gasteiger charge is 2.37. The Kier molecular flexibility index (Phi) is 8.74. The van der Waals surface area contributed by atoms with E-state index in [9.17, 15) is 36.4 Å². The molecule has 2 aromatic rings.